The van der Waals surface area contributed by atoms with Gasteiger partial charge in [-0.05, 0) is 57.0 Å². The summed E-state index contributed by atoms with van der Waals surface area (Å²) >= 11 is 0.684. The zero-order valence-corrected chi connectivity index (χ0v) is 25.3. The van der Waals surface area contributed by atoms with Gasteiger partial charge in [-0.15, -0.1) is 11.3 Å². The highest BCUT2D eigenvalue weighted by Gasteiger charge is 2.49. The van der Waals surface area contributed by atoms with Gasteiger partial charge in [0.1, 0.15) is 41.3 Å². The molecule has 3 fully saturated rings. The lowest BCUT2D eigenvalue weighted by molar-refractivity contribution is -0.137. The van der Waals surface area contributed by atoms with Crippen LogP contribution in [0.5, 0.6) is 11.9 Å². The van der Waals surface area contributed by atoms with E-state index in [1.165, 1.54) is 0 Å². The molecule has 0 amide bonds. The minimum Gasteiger partial charge on any atom is -0.472 e. The smallest absolute Gasteiger partial charge is 0.417 e. The Morgan fingerprint density at radius 1 is 1.26 bits per heavy atom. The van der Waals surface area contributed by atoms with Gasteiger partial charge in [0.25, 0.3) is 0 Å². The second-order valence-electron chi connectivity index (χ2n) is 12.1. The zero-order chi connectivity index (χ0) is 32.5. The maximum atomic E-state index is 16.8. The minimum atomic E-state index is -5.09. The van der Waals surface area contributed by atoms with E-state index in [0.29, 0.717) is 43.3 Å². The van der Waals surface area contributed by atoms with Crippen molar-refractivity contribution in [2.24, 2.45) is 0 Å². The Labute approximate surface area is 263 Å². The van der Waals surface area contributed by atoms with Crippen molar-refractivity contribution < 1.29 is 35.8 Å². The molecule has 8 nitrogen and oxygen atoms in total. The molecule has 3 aliphatic rings. The predicted molar refractivity (Wildman–Crippen MR) is 159 cm³/mol. The van der Waals surface area contributed by atoms with E-state index < -0.39 is 52.3 Å². The summed E-state index contributed by atoms with van der Waals surface area (Å²) in [5.74, 6) is -2.50. The summed E-state index contributed by atoms with van der Waals surface area (Å²) in [7, 11) is 0. The first kappa shape index (κ1) is 30.8. The van der Waals surface area contributed by atoms with Crippen LogP contribution in [0.25, 0.3) is 32.1 Å². The van der Waals surface area contributed by atoms with Crippen LogP contribution in [0.15, 0.2) is 18.2 Å². The second kappa shape index (κ2) is 11.1. The lowest BCUT2D eigenvalue weighted by Gasteiger charge is -2.30. The molecule has 2 aromatic carbocycles. The summed E-state index contributed by atoms with van der Waals surface area (Å²) in [5, 5.41) is 12.3. The van der Waals surface area contributed by atoms with E-state index in [9.17, 15) is 27.2 Å². The van der Waals surface area contributed by atoms with E-state index in [0.717, 1.165) is 18.6 Å². The van der Waals surface area contributed by atoms with Crippen LogP contribution in [-0.4, -0.2) is 65.0 Å². The third-order valence-corrected chi connectivity index (χ3v) is 10.4. The van der Waals surface area contributed by atoms with E-state index in [1.54, 1.807) is 0 Å². The third kappa shape index (κ3) is 4.98. The number of nitrogens with zero attached hydrogens (tertiary/aromatic N) is 4. The van der Waals surface area contributed by atoms with E-state index in [2.05, 4.69) is 15.3 Å². The topological polar surface area (TPSA) is 109 Å². The fourth-order valence-electron chi connectivity index (χ4n) is 7.12. The number of anilines is 1. The molecule has 3 saturated heterocycles. The lowest BCUT2D eigenvalue weighted by Crippen LogP contribution is -2.43. The first-order chi connectivity index (χ1) is 21.9. The number of alkyl halides is 4. The SMILES string of the molecule is C[C@H]1NCC[C@@H]1Oc1nc(OC[C@@]23CCCN2C[C@H](F)C3)nc2c(F)c(-c3ccc(F)c4sc(N)c(C#N)c34)c(C(F)(F)F)cc12. The van der Waals surface area contributed by atoms with Gasteiger partial charge in [0.05, 0.1) is 26.8 Å². The number of aromatic nitrogens is 2. The van der Waals surface area contributed by atoms with Gasteiger partial charge in [-0.1, -0.05) is 6.07 Å². The molecule has 4 atom stereocenters. The van der Waals surface area contributed by atoms with Gasteiger partial charge in [-0.3, -0.25) is 4.90 Å². The number of fused-ring (bicyclic) bond motifs is 3. The van der Waals surface area contributed by atoms with Gasteiger partial charge in [-0.2, -0.15) is 28.4 Å². The number of ether oxygens (including phenoxy) is 2. The van der Waals surface area contributed by atoms with Crippen molar-refractivity contribution >= 4 is 37.3 Å². The lowest BCUT2D eigenvalue weighted by atomic mass is 9.92. The van der Waals surface area contributed by atoms with Crippen LogP contribution in [0.3, 0.4) is 0 Å². The van der Waals surface area contributed by atoms with Crippen LogP contribution in [-0.2, 0) is 6.18 Å². The monoisotopic (exact) mass is 662 g/mol. The number of thiophene rings is 1. The Morgan fingerprint density at radius 3 is 2.78 bits per heavy atom. The Bertz CT molecular complexity index is 1910. The molecule has 242 valence electrons. The van der Waals surface area contributed by atoms with E-state index >= 15 is 4.39 Å². The fraction of sp³-hybridized carbons (Fsp3) is 0.452. The Morgan fingerprint density at radius 2 is 2.07 bits per heavy atom. The van der Waals surface area contributed by atoms with Crippen LogP contribution in [0.1, 0.15) is 43.7 Å². The zero-order valence-electron chi connectivity index (χ0n) is 24.5. The molecule has 0 unspecified atom stereocenters. The number of benzene rings is 2. The molecule has 0 radical (unpaired) electrons. The number of nitrogens with one attached hydrogen (secondary N) is 1. The molecular formula is C31H28F6N6O2S. The van der Waals surface area contributed by atoms with Crippen LogP contribution < -0.4 is 20.5 Å². The molecule has 46 heavy (non-hydrogen) atoms. The van der Waals surface area contributed by atoms with Gasteiger partial charge >= 0.3 is 12.2 Å². The average molecular weight is 663 g/mol. The van der Waals surface area contributed by atoms with Crippen LogP contribution in [0.4, 0.5) is 31.3 Å². The van der Waals surface area contributed by atoms with Crippen LogP contribution in [0.2, 0.25) is 0 Å². The number of hydrogen-bond acceptors (Lipinski definition) is 9. The molecule has 3 N–H and O–H groups in total. The molecule has 0 bridgehead atoms. The maximum Gasteiger partial charge on any atom is 0.417 e. The number of hydrogen-bond donors (Lipinski definition) is 2. The summed E-state index contributed by atoms with van der Waals surface area (Å²) in [5.41, 5.74) is 1.85. The molecular weight excluding hydrogens is 634 g/mol. The predicted octanol–water partition coefficient (Wildman–Crippen LogP) is 6.35. The molecule has 0 saturated carbocycles. The van der Waals surface area contributed by atoms with E-state index in [4.69, 9.17) is 15.2 Å². The number of nitriles is 1. The van der Waals surface area contributed by atoms with Crippen molar-refractivity contribution in [1.82, 2.24) is 20.2 Å². The standard InChI is InChI=1S/C31H28F6N6O2S/c1-14-21(5-7-40-14)45-28-17-9-19(31(35,36)37)23(16-3-4-20(33)26-22(16)18(11-38)27(39)46-26)24(34)25(17)41-29(42-28)44-13-30-6-2-8-43(30)12-15(32)10-30/h3-4,9,14-15,21,40H,2,5-8,10,12-13,39H2,1H3/t14-,15-,21+,30+/m1/s1. The summed E-state index contributed by atoms with van der Waals surface area (Å²) < 4.78 is 102. The molecule has 5 heterocycles. The molecule has 4 aromatic rings. The Hall–Kier alpha value is -3.87. The highest BCUT2D eigenvalue weighted by atomic mass is 32.1. The summed E-state index contributed by atoms with van der Waals surface area (Å²) in [6.45, 7) is 3.40. The highest BCUT2D eigenvalue weighted by Crippen LogP contribution is 2.48. The average Bonchev–Trinajstić information content (AvgIpc) is 3.74. The quantitative estimate of drug-likeness (QED) is 0.230. The molecule has 7 rings (SSSR count). The van der Waals surface area contributed by atoms with Gasteiger partial charge in [-0.25, -0.2) is 13.2 Å². The van der Waals surface area contributed by atoms with Gasteiger partial charge < -0.3 is 20.5 Å². The van der Waals surface area contributed by atoms with Gasteiger partial charge in [0.2, 0.25) is 5.88 Å². The van der Waals surface area contributed by atoms with Gasteiger partial charge in [0, 0.05) is 30.0 Å². The van der Waals surface area contributed by atoms with Gasteiger partial charge in [0.15, 0.2) is 5.82 Å². The molecule has 15 heteroatoms. The number of halogens is 6. The van der Waals surface area contributed by atoms with E-state index in [-0.39, 0.29) is 69.1 Å². The van der Waals surface area contributed by atoms with E-state index in [1.807, 2.05) is 17.9 Å². The molecule has 2 aromatic heterocycles. The Balaban J connectivity index is 1.44. The van der Waals surface area contributed by atoms with Crippen LogP contribution >= 0.6 is 11.3 Å². The summed E-state index contributed by atoms with van der Waals surface area (Å²) in [4.78, 5) is 10.6. The minimum absolute atomic E-state index is 0.00679. The largest absolute Gasteiger partial charge is 0.472 e. The van der Waals surface area contributed by atoms with Crippen LogP contribution in [0, 0.1) is 23.0 Å². The molecule has 0 spiro atoms. The maximum absolute atomic E-state index is 16.8. The summed E-state index contributed by atoms with van der Waals surface area (Å²) in [6.07, 6.45) is -4.33. The number of nitrogen functional groups attached to an aromatic ring is 1. The van der Waals surface area contributed by atoms with Crippen molar-refractivity contribution in [3.05, 3.63) is 41.0 Å². The fourth-order valence-corrected chi connectivity index (χ4v) is 8.07. The number of nitrogens with two attached hydrogens (primary N) is 1. The van der Waals surface area contributed by atoms with Crippen molar-refractivity contribution in [2.45, 2.75) is 62.6 Å². The van der Waals surface area contributed by atoms with Crippen molar-refractivity contribution in [3.63, 3.8) is 0 Å². The first-order valence-corrected chi connectivity index (χ1v) is 15.7. The van der Waals surface area contributed by atoms with Crippen molar-refractivity contribution in [1.29, 1.82) is 5.26 Å². The summed E-state index contributed by atoms with van der Waals surface area (Å²) in [6, 6.07) is 3.91. The highest BCUT2D eigenvalue weighted by molar-refractivity contribution is 7.23. The molecule has 0 aliphatic carbocycles. The Kier molecular flexibility index (Phi) is 7.45. The normalized spacial score (nSPS) is 25.0. The number of rotatable bonds is 6. The molecule has 3 aliphatic heterocycles. The van der Waals surface area contributed by atoms with Crippen molar-refractivity contribution in [3.8, 4) is 29.1 Å². The first-order valence-electron chi connectivity index (χ1n) is 14.8. The third-order valence-electron chi connectivity index (χ3n) is 9.33. The second-order valence-corrected chi connectivity index (χ2v) is 13.2. The van der Waals surface area contributed by atoms with Crippen molar-refractivity contribution in [2.75, 3.05) is 32.0 Å².